The SMILES string of the molecule is Cl.Nc1nc2c([nH]1)CS(=O)(=O)CC2. The zero-order chi connectivity index (χ0) is 8.77. The Kier molecular flexibility index (Phi) is 2.53. The van der Waals surface area contributed by atoms with Gasteiger partial charge in [0, 0.05) is 6.42 Å². The molecular weight excluding hydrogens is 214 g/mol. The van der Waals surface area contributed by atoms with Crippen molar-refractivity contribution in [1.82, 2.24) is 9.97 Å². The molecule has 0 bridgehead atoms. The second-order valence-electron chi connectivity index (χ2n) is 2.89. The summed E-state index contributed by atoms with van der Waals surface area (Å²) in [6, 6.07) is 0. The number of aromatic nitrogens is 2. The van der Waals surface area contributed by atoms with Crippen molar-refractivity contribution >= 4 is 28.2 Å². The minimum atomic E-state index is -2.91. The maximum atomic E-state index is 11.1. The van der Waals surface area contributed by atoms with Crippen molar-refractivity contribution in [3.63, 3.8) is 0 Å². The van der Waals surface area contributed by atoms with Crippen LogP contribution in [0.1, 0.15) is 11.4 Å². The van der Waals surface area contributed by atoms with Crippen molar-refractivity contribution < 1.29 is 8.42 Å². The summed E-state index contributed by atoms with van der Waals surface area (Å²) < 4.78 is 22.3. The van der Waals surface area contributed by atoms with Gasteiger partial charge in [-0.1, -0.05) is 0 Å². The van der Waals surface area contributed by atoms with Gasteiger partial charge in [-0.15, -0.1) is 12.4 Å². The number of hydrogen-bond acceptors (Lipinski definition) is 4. The van der Waals surface area contributed by atoms with Crippen molar-refractivity contribution in [2.75, 3.05) is 11.5 Å². The summed E-state index contributed by atoms with van der Waals surface area (Å²) in [6.45, 7) is 0. The molecule has 0 saturated carbocycles. The lowest BCUT2D eigenvalue weighted by Gasteiger charge is -2.09. The average Bonchev–Trinajstić information content (AvgIpc) is 2.26. The third-order valence-corrected chi connectivity index (χ3v) is 3.45. The number of nitrogens with two attached hydrogens (primary N) is 1. The number of sulfone groups is 1. The summed E-state index contributed by atoms with van der Waals surface area (Å²) >= 11 is 0. The molecule has 0 atom stereocenters. The molecule has 0 radical (unpaired) electrons. The first-order valence-corrected chi connectivity index (χ1v) is 5.43. The minimum absolute atomic E-state index is 0. The minimum Gasteiger partial charge on any atom is -0.369 e. The Morgan fingerprint density at radius 3 is 2.85 bits per heavy atom. The van der Waals surface area contributed by atoms with Crippen LogP contribution in [0.25, 0.3) is 0 Å². The number of hydrogen-bond donors (Lipinski definition) is 2. The summed E-state index contributed by atoms with van der Waals surface area (Å²) in [5, 5.41) is 0. The summed E-state index contributed by atoms with van der Waals surface area (Å²) in [7, 11) is -2.91. The molecule has 0 spiro atoms. The largest absolute Gasteiger partial charge is 0.369 e. The van der Waals surface area contributed by atoms with E-state index in [4.69, 9.17) is 5.73 Å². The Morgan fingerprint density at radius 1 is 1.46 bits per heavy atom. The predicted molar refractivity (Wildman–Crippen MR) is 51.4 cm³/mol. The van der Waals surface area contributed by atoms with E-state index in [0.717, 1.165) is 5.69 Å². The van der Waals surface area contributed by atoms with Gasteiger partial charge in [0.1, 0.15) is 0 Å². The molecule has 74 valence electrons. The number of nitrogens with one attached hydrogen (secondary N) is 1. The number of halogens is 1. The predicted octanol–water partition coefficient (Wildman–Crippen LogP) is -0.115. The molecule has 1 aromatic rings. The van der Waals surface area contributed by atoms with Gasteiger partial charge in [0.15, 0.2) is 15.8 Å². The van der Waals surface area contributed by atoms with Gasteiger partial charge in [-0.25, -0.2) is 13.4 Å². The molecular formula is C6H10ClN3O2S. The smallest absolute Gasteiger partial charge is 0.197 e. The molecule has 1 aliphatic rings. The molecule has 0 aliphatic carbocycles. The van der Waals surface area contributed by atoms with Crippen LogP contribution < -0.4 is 5.73 Å². The molecule has 1 aromatic heterocycles. The highest BCUT2D eigenvalue weighted by molar-refractivity contribution is 7.90. The lowest BCUT2D eigenvalue weighted by molar-refractivity contribution is 0.590. The molecule has 0 saturated heterocycles. The van der Waals surface area contributed by atoms with E-state index < -0.39 is 9.84 Å². The molecule has 1 aliphatic heterocycles. The maximum Gasteiger partial charge on any atom is 0.197 e. The van der Waals surface area contributed by atoms with Gasteiger partial charge in [0.25, 0.3) is 0 Å². The van der Waals surface area contributed by atoms with Crippen LogP contribution in [-0.4, -0.2) is 24.1 Å². The monoisotopic (exact) mass is 223 g/mol. The lowest BCUT2D eigenvalue weighted by atomic mass is 10.3. The van der Waals surface area contributed by atoms with Crippen molar-refractivity contribution in [3.8, 4) is 0 Å². The summed E-state index contributed by atoms with van der Waals surface area (Å²) in [6.07, 6.45) is 0.478. The van der Waals surface area contributed by atoms with E-state index >= 15 is 0 Å². The van der Waals surface area contributed by atoms with Crippen LogP contribution in [0.4, 0.5) is 5.95 Å². The van der Waals surface area contributed by atoms with Gasteiger partial charge >= 0.3 is 0 Å². The Bertz CT molecular complexity index is 412. The Hall–Kier alpha value is -0.750. The molecule has 13 heavy (non-hydrogen) atoms. The van der Waals surface area contributed by atoms with Crippen molar-refractivity contribution in [2.24, 2.45) is 0 Å². The number of aromatic amines is 1. The summed E-state index contributed by atoms with van der Waals surface area (Å²) in [5.41, 5.74) is 6.83. The number of nitrogen functional groups attached to an aromatic ring is 1. The van der Waals surface area contributed by atoms with Crippen LogP contribution in [-0.2, 0) is 22.0 Å². The zero-order valence-corrected chi connectivity index (χ0v) is 8.41. The van der Waals surface area contributed by atoms with Crippen molar-refractivity contribution in [2.45, 2.75) is 12.2 Å². The number of rotatable bonds is 0. The number of H-pyrrole nitrogens is 1. The van der Waals surface area contributed by atoms with E-state index in [1.165, 1.54) is 0 Å². The molecule has 0 aromatic carbocycles. The molecule has 2 rings (SSSR count). The van der Waals surface area contributed by atoms with Crippen LogP contribution in [0.2, 0.25) is 0 Å². The van der Waals surface area contributed by atoms with E-state index in [9.17, 15) is 8.42 Å². The Balaban J connectivity index is 0.000000845. The van der Waals surface area contributed by atoms with E-state index in [0.29, 0.717) is 18.1 Å². The van der Waals surface area contributed by atoms with Crippen LogP contribution in [0.5, 0.6) is 0 Å². The standard InChI is InChI=1S/C6H9N3O2S.ClH/c7-6-8-4-1-2-12(10,11)3-5(4)9-6;/h1-3H2,(H3,7,8,9);1H. The fraction of sp³-hybridized carbons (Fsp3) is 0.500. The summed E-state index contributed by atoms with van der Waals surface area (Å²) in [4.78, 5) is 6.71. The average molecular weight is 224 g/mol. The topological polar surface area (TPSA) is 88.8 Å². The zero-order valence-electron chi connectivity index (χ0n) is 6.78. The third kappa shape index (κ3) is 1.94. The van der Waals surface area contributed by atoms with E-state index in [1.54, 1.807) is 0 Å². The lowest BCUT2D eigenvalue weighted by Crippen LogP contribution is -2.18. The van der Waals surface area contributed by atoms with E-state index in [1.807, 2.05) is 0 Å². The summed E-state index contributed by atoms with van der Waals surface area (Å²) in [5.74, 6) is 0.536. The first-order chi connectivity index (χ1) is 5.57. The van der Waals surface area contributed by atoms with Gasteiger partial charge < -0.3 is 10.7 Å². The Labute approximate surface area is 82.1 Å². The van der Waals surface area contributed by atoms with Crippen LogP contribution in [0, 0.1) is 0 Å². The second kappa shape index (κ2) is 3.19. The fourth-order valence-corrected chi connectivity index (χ4v) is 2.67. The van der Waals surface area contributed by atoms with Gasteiger partial charge in [-0.3, -0.25) is 0 Å². The molecule has 2 heterocycles. The molecule has 0 unspecified atom stereocenters. The molecule has 3 N–H and O–H groups in total. The number of nitrogens with zero attached hydrogens (tertiary/aromatic N) is 1. The number of fused-ring (bicyclic) bond motifs is 1. The number of aryl methyl sites for hydroxylation is 1. The quantitative estimate of drug-likeness (QED) is 0.642. The molecule has 7 heteroatoms. The van der Waals surface area contributed by atoms with Gasteiger partial charge in [-0.05, 0) is 0 Å². The van der Waals surface area contributed by atoms with Crippen LogP contribution in [0.15, 0.2) is 0 Å². The van der Waals surface area contributed by atoms with Crippen LogP contribution >= 0.6 is 12.4 Å². The van der Waals surface area contributed by atoms with Crippen molar-refractivity contribution in [3.05, 3.63) is 11.4 Å². The highest BCUT2D eigenvalue weighted by atomic mass is 35.5. The molecule has 5 nitrogen and oxygen atoms in total. The van der Waals surface area contributed by atoms with E-state index in [2.05, 4.69) is 9.97 Å². The first-order valence-electron chi connectivity index (χ1n) is 3.60. The van der Waals surface area contributed by atoms with Gasteiger partial charge in [-0.2, -0.15) is 0 Å². The maximum absolute atomic E-state index is 11.1. The fourth-order valence-electron chi connectivity index (χ4n) is 1.34. The van der Waals surface area contributed by atoms with Crippen molar-refractivity contribution in [1.29, 1.82) is 0 Å². The number of imidazole rings is 1. The Morgan fingerprint density at radius 2 is 2.15 bits per heavy atom. The van der Waals surface area contributed by atoms with E-state index in [-0.39, 0.29) is 23.9 Å². The number of anilines is 1. The van der Waals surface area contributed by atoms with Gasteiger partial charge in [0.05, 0.1) is 22.9 Å². The highest BCUT2D eigenvalue weighted by Gasteiger charge is 2.23. The normalized spacial score (nSPS) is 18.8. The van der Waals surface area contributed by atoms with Gasteiger partial charge in [0.2, 0.25) is 0 Å². The first kappa shape index (κ1) is 10.3. The van der Waals surface area contributed by atoms with Crippen LogP contribution in [0.3, 0.4) is 0 Å². The highest BCUT2D eigenvalue weighted by Crippen LogP contribution is 2.18. The third-order valence-electron chi connectivity index (χ3n) is 1.90. The second-order valence-corrected chi connectivity index (χ2v) is 5.07. The molecule has 0 amide bonds. The molecule has 0 fully saturated rings.